The van der Waals surface area contributed by atoms with Gasteiger partial charge in [-0.1, -0.05) is 13.3 Å². The van der Waals surface area contributed by atoms with E-state index < -0.39 is 15.6 Å². The summed E-state index contributed by atoms with van der Waals surface area (Å²) in [7, 11) is -3.20. The Bertz CT molecular complexity index is 643. The SMILES string of the molecule is CCCCS(=O)(=O)N1CCC(C(=O)N2CCN(C(=O)OC(C)(C)C)CC2)CC1. The van der Waals surface area contributed by atoms with Crippen molar-refractivity contribution in [1.82, 2.24) is 14.1 Å². The predicted octanol–water partition coefficient (Wildman–Crippen LogP) is 1.91. The van der Waals surface area contributed by atoms with Crippen LogP contribution in [0, 0.1) is 5.92 Å². The van der Waals surface area contributed by atoms with E-state index in [9.17, 15) is 18.0 Å². The Kier molecular flexibility index (Phi) is 7.73. The molecular formula is C19H35N3O5S. The predicted molar refractivity (Wildman–Crippen MR) is 107 cm³/mol. The molecule has 0 aromatic rings. The van der Waals surface area contributed by atoms with Gasteiger partial charge in [0, 0.05) is 45.2 Å². The van der Waals surface area contributed by atoms with Crippen molar-refractivity contribution in [2.45, 2.75) is 59.0 Å². The summed E-state index contributed by atoms with van der Waals surface area (Å²) in [6, 6.07) is 0. The quantitative estimate of drug-likeness (QED) is 0.682. The minimum atomic E-state index is -3.20. The molecule has 9 heteroatoms. The molecule has 0 spiro atoms. The largest absolute Gasteiger partial charge is 0.444 e. The van der Waals surface area contributed by atoms with Crippen LogP contribution in [-0.2, 0) is 19.6 Å². The van der Waals surface area contributed by atoms with E-state index >= 15 is 0 Å². The van der Waals surface area contributed by atoms with Crippen molar-refractivity contribution in [2.24, 2.45) is 5.92 Å². The van der Waals surface area contributed by atoms with Crippen LogP contribution < -0.4 is 0 Å². The normalized spacial score (nSPS) is 20.3. The summed E-state index contributed by atoms with van der Waals surface area (Å²) >= 11 is 0. The number of nitrogens with zero attached hydrogens (tertiary/aromatic N) is 3. The zero-order valence-electron chi connectivity index (χ0n) is 17.6. The molecule has 0 bridgehead atoms. The molecule has 0 saturated carbocycles. The third-order valence-electron chi connectivity index (χ3n) is 5.20. The van der Waals surface area contributed by atoms with Gasteiger partial charge < -0.3 is 14.5 Å². The maximum absolute atomic E-state index is 12.8. The number of piperazine rings is 1. The summed E-state index contributed by atoms with van der Waals surface area (Å²) in [6.07, 6.45) is 2.31. The van der Waals surface area contributed by atoms with Gasteiger partial charge in [-0.25, -0.2) is 17.5 Å². The molecule has 162 valence electrons. The first-order valence-electron chi connectivity index (χ1n) is 10.3. The fraction of sp³-hybridized carbons (Fsp3) is 0.895. The highest BCUT2D eigenvalue weighted by Gasteiger charge is 2.34. The van der Waals surface area contributed by atoms with Crippen molar-refractivity contribution in [3.05, 3.63) is 0 Å². The molecule has 8 nitrogen and oxygen atoms in total. The maximum atomic E-state index is 12.8. The average molecular weight is 418 g/mol. The van der Waals surface area contributed by atoms with Crippen molar-refractivity contribution < 1.29 is 22.7 Å². The number of amides is 2. The van der Waals surface area contributed by atoms with Crippen LogP contribution in [0.3, 0.4) is 0 Å². The van der Waals surface area contributed by atoms with Crippen LogP contribution in [0.1, 0.15) is 53.4 Å². The molecule has 2 amide bonds. The van der Waals surface area contributed by atoms with Crippen molar-refractivity contribution in [2.75, 3.05) is 45.0 Å². The van der Waals surface area contributed by atoms with Gasteiger partial charge in [0.1, 0.15) is 5.60 Å². The lowest BCUT2D eigenvalue weighted by Gasteiger charge is -2.38. The van der Waals surface area contributed by atoms with Gasteiger partial charge in [-0.05, 0) is 40.0 Å². The topological polar surface area (TPSA) is 87.2 Å². The molecule has 0 atom stereocenters. The first kappa shape index (κ1) is 22.9. The van der Waals surface area contributed by atoms with E-state index in [0.29, 0.717) is 58.5 Å². The second kappa shape index (κ2) is 9.43. The molecule has 0 N–H and O–H groups in total. The van der Waals surface area contributed by atoms with Gasteiger partial charge in [-0.15, -0.1) is 0 Å². The van der Waals surface area contributed by atoms with E-state index in [0.717, 1.165) is 6.42 Å². The van der Waals surface area contributed by atoms with Crippen molar-refractivity contribution in [1.29, 1.82) is 0 Å². The fourth-order valence-corrected chi connectivity index (χ4v) is 5.21. The molecule has 2 aliphatic rings. The zero-order chi connectivity index (χ0) is 20.9. The van der Waals surface area contributed by atoms with Gasteiger partial charge in [0.2, 0.25) is 15.9 Å². The number of unbranched alkanes of at least 4 members (excludes halogenated alkanes) is 1. The number of carbonyl (C=O) groups excluding carboxylic acids is 2. The minimum Gasteiger partial charge on any atom is -0.444 e. The van der Waals surface area contributed by atoms with Crippen LogP contribution >= 0.6 is 0 Å². The van der Waals surface area contributed by atoms with Crippen LogP contribution in [-0.4, -0.2) is 85.1 Å². The van der Waals surface area contributed by atoms with Gasteiger partial charge in [-0.3, -0.25) is 4.79 Å². The number of rotatable bonds is 5. The van der Waals surface area contributed by atoms with Gasteiger partial charge in [0.05, 0.1) is 5.75 Å². The van der Waals surface area contributed by atoms with Crippen LogP contribution in [0.25, 0.3) is 0 Å². The van der Waals surface area contributed by atoms with E-state index in [4.69, 9.17) is 4.74 Å². The number of hydrogen-bond donors (Lipinski definition) is 0. The average Bonchev–Trinajstić information content (AvgIpc) is 2.65. The molecule has 2 aliphatic heterocycles. The summed E-state index contributed by atoms with van der Waals surface area (Å²) in [5.41, 5.74) is -0.532. The smallest absolute Gasteiger partial charge is 0.410 e. The summed E-state index contributed by atoms with van der Waals surface area (Å²) in [5.74, 6) is 0.134. The molecule has 2 rings (SSSR count). The number of piperidine rings is 1. The summed E-state index contributed by atoms with van der Waals surface area (Å²) < 4.78 is 31.5. The number of carbonyl (C=O) groups is 2. The molecule has 0 aromatic heterocycles. The highest BCUT2D eigenvalue weighted by molar-refractivity contribution is 7.89. The van der Waals surface area contributed by atoms with E-state index in [2.05, 4.69) is 0 Å². The number of ether oxygens (including phenoxy) is 1. The van der Waals surface area contributed by atoms with E-state index in [1.807, 2.05) is 27.7 Å². The number of hydrogen-bond acceptors (Lipinski definition) is 5. The Hall–Kier alpha value is -1.35. The van der Waals surface area contributed by atoms with E-state index in [1.54, 1.807) is 9.80 Å². The second-order valence-corrected chi connectivity index (χ2v) is 10.7. The lowest BCUT2D eigenvalue weighted by Crippen LogP contribution is -2.53. The Morgan fingerprint density at radius 1 is 0.964 bits per heavy atom. The molecular weight excluding hydrogens is 382 g/mol. The Morgan fingerprint density at radius 2 is 1.50 bits per heavy atom. The van der Waals surface area contributed by atoms with Crippen molar-refractivity contribution in [3.8, 4) is 0 Å². The standard InChI is InChI=1S/C19H35N3O5S/c1-5-6-15-28(25,26)22-9-7-16(8-10-22)17(23)20-11-13-21(14-12-20)18(24)27-19(2,3)4/h16H,5-15H2,1-4H3. The molecule has 0 radical (unpaired) electrons. The van der Waals surface area contributed by atoms with Crippen molar-refractivity contribution >= 4 is 22.0 Å². The summed E-state index contributed by atoms with van der Waals surface area (Å²) in [6.45, 7) is 10.2. The number of sulfonamides is 1. The van der Waals surface area contributed by atoms with Gasteiger partial charge >= 0.3 is 6.09 Å². The third-order valence-corrected chi connectivity index (χ3v) is 7.15. The van der Waals surface area contributed by atoms with Crippen LogP contribution in [0.15, 0.2) is 0 Å². The highest BCUT2D eigenvalue weighted by atomic mass is 32.2. The van der Waals surface area contributed by atoms with Crippen molar-refractivity contribution in [3.63, 3.8) is 0 Å². The fourth-order valence-electron chi connectivity index (χ4n) is 3.53. The third kappa shape index (κ3) is 6.34. The Balaban J connectivity index is 1.80. The Labute approximate surface area is 169 Å². The molecule has 2 saturated heterocycles. The van der Waals surface area contributed by atoms with Crippen LogP contribution in [0.2, 0.25) is 0 Å². The molecule has 2 fully saturated rings. The first-order valence-corrected chi connectivity index (χ1v) is 11.9. The van der Waals surface area contributed by atoms with Crippen LogP contribution in [0.4, 0.5) is 4.79 Å². The molecule has 0 aromatic carbocycles. The minimum absolute atomic E-state index is 0.0782. The monoisotopic (exact) mass is 417 g/mol. The lowest BCUT2D eigenvalue weighted by atomic mass is 9.96. The molecule has 0 unspecified atom stereocenters. The van der Waals surface area contributed by atoms with E-state index in [1.165, 1.54) is 4.31 Å². The Morgan fingerprint density at radius 3 is 2.00 bits per heavy atom. The second-order valence-electron chi connectivity index (χ2n) is 8.64. The van der Waals surface area contributed by atoms with Crippen LogP contribution in [0.5, 0.6) is 0 Å². The summed E-state index contributed by atoms with van der Waals surface area (Å²) in [5, 5.41) is 0. The highest BCUT2D eigenvalue weighted by Crippen LogP contribution is 2.23. The van der Waals surface area contributed by atoms with Gasteiger partial charge in [0.15, 0.2) is 0 Å². The zero-order valence-corrected chi connectivity index (χ0v) is 18.5. The lowest BCUT2D eigenvalue weighted by molar-refractivity contribution is -0.138. The molecule has 2 heterocycles. The first-order chi connectivity index (χ1) is 13.0. The summed E-state index contributed by atoms with van der Waals surface area (Å²) in [4.78, 5) is 28.4. The molecule has 28 heavy (non-hydrogen) atoms. The van der Waals surface area contributed by atoms with E-state index in [-0.39, 0.29) is 23.7 Å². The maximum Gasteiger partial charge on any atom is 0.410 e. The molecule has 0 aliphatic carbocycles. The van der Waals surface area contributed by atoms with Gasteiger partial charge in [0.25, 0.3) is 0 Å². The van der Waals surface area contributed by atoms with Gasteiger partial charge in [-0.2, -0.15) is 0 Å².